The predicted molar refractivity (Wildman–Crippen MR) is 83.1 cm³/mol. The number of aryl methyl sites for hydroxylation is 1. The minimum atomic E-state index is 0.736. The van der Waals surface area contributed by atoms with E-state index in [1.54, 1.807) is 0 Å². The second kappa shape index (κ2) is 5.43. The second-order valence-corrected chi connectivity index (χ2v) is 5.12. The predicted octanol–water partition coefficient (Wildman–Crippen LogP) is 3.96. The number of aromatic nitrogens is 3. The van der Waals surface area contributed by atoms with E-state index in [9.17, 15) is 0 Å². The molecule has 3 aromatic rings. The molecule has 0 saturated heterocycles. The Labute approximate surface area is 122 Å². The van der Waals surface area contributed by atoms with E-state index in [0.29, 0.717) is 0 Å². The molecule has 0 spiro atoms. The largest absolute Gasteiger partial charge is 0.337 e. The molecule has 1 aromatic carbocycles. The van der Waals surface area contributed by atoms with Gasteiger partial charge in [0.2, 0.25) is 0 Å². The fourth-order valence-corrected chi connectivity index (χ4v) is 2.47. The van der Waals surface area contributed by atoms with Gasteiger partial charge in [-0.2, -0.15) is 0 Å². The average molecular weight is 281 g/mol. The zero-order valence-corrected chi connectivity index (χ0v) is 12.0. The van der Waals surface area contributed by atoms with E-state index in [-0.39, 0.29) is 0 Å². The molecule has 0 aliphatic heterocycles. The number of rotatable bonds is 3. The van der Waals surface area contributed by atoms with E-state index in [4.69, 9.17) is 12.2 Å². The van der Waals surface area contributed by atoms with Gasteiger partial charge in [-0.1, -0.05) is 30.3 Å². The standard InChI is InChI=1S/C16H15N3S/c1-12-9-17-8-7-14(12)11-19-15(10-18-16(19)20)13-5-3-2-4-6-13/h2-10H,11H2,1H3,(H,18,20). The first kappa shape index (κ1) is 12.8. The molecule has 0 radical (unpaired) electrons. The van der Waals surface area contributed by atoms with Crippen molar-refractivity contribution in [3.8, 4) is 11.3 Å². The number of H-pyrrole nitrogens is 1. The van der Waals surface area contributed by atoms with Gasteiger partial charge in [0, 0.05) is 18.6 Å². The zero-order valence-electron chi connectivity index (χ0n) is 11.2. The number of hydrogen-bond donors (Lipinski definition) is 1. The van der Waals surface area contributed by atoms with Crippen LogP contribution in [-0.2, 0) is 6.54 Å². The van der Waals surface area contributed by atoms with Crippen LogP contribution in [0.2, 0.25) is 0 Å². The van der Waals surface area contributed by atoms with E-state index in [0.717, 1.165) is 22.6 Å². The van der Waals surface area contributed by atoms with Crippen LogP contribution in [0.1, 0.15) is 11.1 Å². The maximum absolute atomic E-state index is 5.41. The normalized spacial score (nSPS) is 10.7. The fourth-order valence-electron chi connectivity index (χ4n) is 2.25. The van der Waals surface area contributed by atoms with Crippen LogP contribution in [0, 0.1) is 11.7 Å². The molecule has 0 bridgehead atoms. The van der Waals surface area contributed by atoms with Crippen LogP contribution >= 0.6 is 12.2 Å². The van der Waals surface area contributed by atoms with Gasteiger partial charge in [-0.3, -0.25) is 4.98 Å². The van der Waals surface area contributed by atoms with Gasteiger partial charge in [-0.05, 0) is 41.9 Å². The van der Waals surface area contributed by atoms with Gasteiger partial charge in [-0.25, -0.2) is 0 Å². The second-order valence-electron chi connectivity index (χ2n) is 4.73. The summed E-state index contributed by atoms with van der Waals surface area (Å²) in [6, 6.07) is 12.3. The molecule has 0 atom stereocenters. The van der Waals surface area contributed by atoms with Crippen LogP contribution in [0.15, 0.2) is 55.0 Å². The highest BCUT2D eigenvalue weighted by atomic mass is 32.1. The molecular weight excluding hydrogens is 266 g/mol. The summed E-state index contributed by atoms with van der Waals surface area (Å²) >= 11 is 5.41. The molecule has 3 nitrogen and oxygen atoms in total. The highest BCUT2D eigenvalue weighted by Crippen LogP contribution is 2.21. The van der Waals surface area contributed by atoms with Crippen LogP contribution in [0.4, 0.5) is 0 Å². The summed E-state index contributed by atoms with van der Waals surface area (Å²) in [5.41, 5.74) is 4.67. The van der Waals surface area contributed by atoms with Crippen LogP contribution in [0.5, 0.6) is 0 Å². The van der Waals surface area contributed by atoms with Gasteiger partial charge < -0.3 is 9.55 Å². The molecule has 20 heavy (non-hydrogen) atoms. The summed E-state index contributed by atoms with van der Waals surface area (Å²) < 4.78 is 2.85. The topological polar surface area (TPSA) is 33.6 Å². The van der Waals surface area contributed by atoms with Gasteiger partial charge in [-0.15, -0.1) is 0 Å². The van der Waals surface area contributed by atoms with Crippen molar-refractivity contribution in [3.63, 3.8) is 0 Å². The SMILES string of the molecule is Cc1cnccc1Cn1c(-c2ccccc2)c[nH]c1=S. The summed E-state index contributed by atoms with van der Waals surface area (Å²) in [5.74, 6) is 0. The molecule has 0 amide bonds. The van der Waals surface area contributed by atoms with Gasteiger partial charge >= 0.3 is 0 Å². The Morgan fingerprint density at radius 1 is 1.20 bits per heavy atom. The molecule has 0 fully saturated rings. The Hall–Kier alpha value is -2.20. The quantitative estimate of drug-likeness (QED) is 0.737. The molecule has 2 heterocycles. The zero-order chi connectivity index (χ0) is 13.9. The van der Waals surface area contributed by atoms with Crippen LogP contribution in [0.3, 0.4) is 0 Å². The van der Waals surface area contributed by atoms with E-state index >= 15 is 0 Å². The lowest BCUT2D eigenvalue weighted by Crippen LogP contribution is -2.03. The molecule has 3 rings (SSSR count). The van der Waals surface area contributed by atoms with Crippen molar-refractivity contribution in [1.82, 2.24) is 14.5 Å². The molecule has 0 aliphatic rings. The van der Waals surface area contributed by atoms with Crippen LogP contribution in [-0.4, -0.2) is 14.5 Å². The highest BCUT2D eigenvalue weighted by Gasteiger charge is 2.08. The van der Waals surface area contributed by atoms with Gasteiger partial charge in [0.15, 0.2) is 4.77 Å². The van der Waals surface area contributed by atoms with Gasteiger partial charge in [0.25, 0.3) is 0 Å². The molecule has 100 valence electrons. The lowest BCUT2D eigenvalue weighted by molar-refractivity contribution is 0.784. The minimum Gasteiger partial charge on any atom is -0.337 e. The molecular formula is C16H15N3S. The summed E-state index contributed by atoms with van der Waals surface area (Å²) in [7, 11) is 0. The third-order valence-corrected chi connectivity index (χ3v) is 3.74. The molecule has 0 aliphatic carbocycles. The molecule has 4 heteroatoms. The summed E-state index contributed by atoms with van der Waals surface area (Å²) in [4.78, 5) is 7.27. The first-order valence-corrected chi connectivity index (χ1v) is 6.89. The van der Waals surface area contributed by atoms with Crippen molar-refractivity contribution in [3.05, 3.63) is 70.9 Å². The molecule has 0 saturated carbocycles. The maximum atomic E-state index is 5.41. The number of imidazole rings is 1. The van der Waals surface area contributed by atoms with E-state index in [2.05, 4.69) is 33.6 Å². The van der Waals surface area contributed by atoms with E-state index in [1.165, 1.54) is 11.1 Å². The number of aromatic amines is 1. The van der Waals surface area contributed by atoms with Crippen molar-refractivity contribution in [2.75, 3.05) is 0 Å². The lowest BCUT2D eigenvalue weighted by atomic mass is 10.1. The third-order valence-electron chi connectivity index (χ3n) is 3.40. The first-order valence-electron chi connectivity index (χ1n) is 6.49. The maximum Gasteiger partial charge on any atom is 0.177 e. The highest BCUT2D eigenvalue weighted by molar-refractivity contribution is 7.71. The Balaban J connectivity index is 2.05. The molecule has 0 unspecified atom stereocenters. The van der Waals surface area contributed by atoms with Crippen molar-refractivity contribution in [2.24, 2.45) is 0 Å². The van der Waals surface area contributed by atoms with Crippen molar-refractivity contribution < 1.29 is 0 Å². The van der Waals surface area contributed by atoms with Crippen LogP contribution in [0.25, 0.3) is 11.3 Å². The van der Waals surface area contributed by atoms with E-state index in [1.807, 2.05) is 42.9 Å². The summed E-state index contributed by atoms with van der Waals surface area (Å²) in [6.45, 7) is 2.82. The van der Waals surface area contributed by atoms with Crippen molar-refractivity contribution in [1.29, 1.82) is 0 Å². The fraction of sp³-hybridized carbons (Fsp3) is 0.125. The Morgan fingerprint density at radius 2 is 2.00 bits per heavy atom. The Morgan fingerprint density at radius 3 is 2.75 bits per heavy atom. The van der Waals surface area contributed by atoms with Crippen LogP contribution < -0.4 is 0 Å². The number of nitrogens with one attached hydrogen (secondary N) is 1. The molecule has 2 aromatic heterocycles. The number of hydrogen-bond acceptors (Lipinski definition) is 2. The van der Waals surface area contributed by atoms with Crippen molar-refractivity contribution >= 4 is 12.2 Å². The Bertz CT molecular complexity index is 772. The number of benzene rings is 1. The minimum absolute atomic E-state index is 0.736. The number of nitrogens with zero attached hydrogens (tertiary/aromatic N) is 2. The Kier molecular flexibility index (Phi) is 3.48. The summed E-state index contributed by atoms with van der Waals surface area (Å²) in [6.07, 6.45) is 5.67. The summed E-state index contributed by atoms with van der Waals surface area (Å²) in [5, 5.41) is 0. The smallest absolute Gasteiger partial charge is 0.177 e. The van der Waals surface area contributed by atoms with E-state index < -0.39 is 0 Å². The van der Waals surface area contributed by atoms with Gasteiger partial charge in [0.05, 0.1) is 12.2 Å². The lowest BCUT2D eigenvalue weighted by Gasteiger charge is -2.10. The van der Waals surface area contributed by atoms with Gasteiger partial charge in [0.1, 0.15) is 0 Å². The average Bonchev–Trinajstić information content (AvgIpc) is 2.84. The van der Waals surface area contributed by atoms with Crippen molar-refractivity contribution in [2.45, 2.75) is 13.5 Å². The third kappa shape index (κ3) is 2.42. The molecule has 1 N–H and O–H groups in total. The monoisotopic (exact) mass is 281 g/mol. The first-order chi connectivity index (χ1) is 9.75. The number of pyridine rings is 1.